The van der Waals surface area contributed by atoms with E-state index in [1.54, 1.807) is 0 Å². The smallest absolute Gasteiger partial charge is 0.335 e. The molecule has 1 unspecified atom stereocenters. The van der Waals surface area contributed by atoms with Gasteiger partial charge in [0.25, 0.3) is 5.91 Å². The zero-order valence-corrected chi connectivity index (χ0v) is 10.3. The van der Waals surface area contributed by atoms with Crippen molar-refractivity contribution >= 4 is 17.6 Å². The standard InChI is InChI=1S/C14H13NO3/c1-7-4-5-8(2)11-10(7)14(13(17)15-11)6-9(3)12(16)18-14/h4-5H,3,6H2,1-2H3,(H,15,17). The van der Waals surface area contributed by atoms with E-state index in [9.17, 15) is 9.59 Å². The molecule has 1 atom stereocenters. The molecule has 0 aliphatic carbocycles. The maximum atomic E-state index is 12.2. The van der Waals surface area contributed by atoms with Crippen LogP contribution in [0.2, 0.25) is 0 Å². The molecule has 2 heterocycles. The predicted molar refractivity (Wildman–Crippen MR) is 66.1 cm³/mol. The summed E-state index contributed by atoms with van der Waals surface area (Å²) in [6.07, 6.45) is 0.231. The van der Waals surface area contributed by atoms with Crippen LogP contribution in [-0.4, -0.2) is 11.9 Å². The van der Waals surface area contributed by atoms with E-state index in [1.807, 2.05) is 26.0 Å². The summed E-state index contributed by atoms with van der Waals surface area (Å²) in [6, 6.07) is 3.88. The Morgan fingerprint density at radius 1 is 1.28 bits per heavy atom. The SMILES string of the molecule is C=C1CC2(OC1=O)C(=O)Nc1c(C)ccc(C)c12. The number of anilines is 1. The fourth-order valence-electron chi connectivity index (χ4n) is 2.73. The van der Waals surface area contributed by atoms with E-state index in [0.717, 1.165) is 22.4 Å². The van der Waals surface area contributed by atoms with E-state index in [2.05, 4.69) is 11.9 Å². The lowest BCUT2D eigenvalue weighted by molar-refractivity contribution is -0.155. The average Bonchev–Trinajstić information content (AvgIpc) is 2.75. The van der Waals surface area contributed by atoms with Crippen molar-refractivity contribution in [3.05, 3.63) is 41.0 Å². The summed E-state index contributed by atoms with van der Waals surface area (Å²) >= 11 is 0. The molecule has 2 aliphatic rings. The van der Waals surface area contributed by atoms with Crippen molar-refractivity contribution in [2.24, 2.45) is 0 Å². The summed E-state index contributed by atoms with van der Waals surface area (Å²) < 4.78 is 5.35. The van der Waals surface area contributed by atoms with E-state index in [-0.39, 0.29) is 12.3 Å². The average molecular weight is 243 g/mol. The number of fused-ring (bicyclic) bond motifs is 2. The van der Waals surface area contributed by atoms with Crippen molar-refractivity contribution in [1.82, 2.24) is 0 Å². The summed E-state index contributed by atoms with van der Waals surface area (Å²) in [5.74, 6) is -0.763. The van der Waals surface area contributed by atoms with Gasteiger partial charge in [-0.05, 0) is 25.0 Å². The number of ether oxygens (including phenoxy) is 1. The Kier molecular flexibility index (Phi) is 1.97. The van der Waals surface area contributed by atoms with Gasteiger partial charge in [0, 0.05) is 17.6 Å². The number of amides is 1. The molecular weight excluding hydrogens is 230 g/mol. The van der Waals surface area contributed by atoms with Crippen molar-refractivity contribution < 1.29 is 14.3 Å². The van der Waals surface area contributed by atoms with Crippen LogP contribution >= 0.6 is 0 Å². The first-order chi connectivity index (χ1) is 8.45. The maximum absolute atomic E-state index is 12.2. The van der Waals surface area contributed by atoms with Gasteiger partial charge in [-0.25, -0.2) is 4.79 Å². The summed E-state index contributed by atoms with van der Waals surface area (Å²) in [4.78, 5) is 23.8. The number of carbonyl (C=O) groups is 2. The molecule has 0 aromatic heterocycles. The van der Waals surface area contributed by atoms with Gasteiger partial charge in [0.05, 0.1) is 5.69 Å². The van der Waals surface area contributed by atoms with Gasteiger partial charge in [-0.15, -0.1) is 0 Å². The van der Waals surface area contributed by atoms with Crippen molar-refractivity contribution in [2.75, 3.05) is 5.32 Å². The third-order valence-electron chi connectivity index (χ3n) is 3.65. The number of rotatable bonds is 0. The second-order valence-electron chi connectivity index (χ2n) is 4.90. The number of carbonyl (C=O) groups excluding carboxylic acids is 2. The van der Waals surface area contributed by atoms with Gasteiger partial charge in [-0.1, -0.05) is 18.7 Å². The monoisotopic (exact) mass is 243 g/mol. The third kappa shape index (κ3) is 1.15. The number of hydrogen-bond donors (Lipinski definition) is 1. The fraction of sp³-hybridized carbons (Fsp3) is 0.286. The quantitative estimate of drug-likeness (QED) is 0.559. The van der Waals surface area contributed by atoms with Crippen LogP contribution in [0.3, 0.4) is 0 Å². The summed E-state index contributed by atoms with van der Waals surface area (Å²) in [5, 5.41) is 2.82. The minimum Gasteiger partial charge on any atom is -0.440 e. The van der Waals surface area contributed by atoms with Crippen LogP contribution in [-0.2, 0) is 19.9 Å². The molecular formula is C14H13NO3. The van der Waals surface area contributed by atoms with E-state index >= 15 is 0 Å². The van der Waals surface area contributed by atoms with Crippen LogP contribution in [0.4, 0.5) is 5.69 Å². The van der Waals surface area contributed by atoms with Gasteiger partial charge in [-0.3, -0.25) is 4.79 Å². The fourth-order valence-corrected chi connectivity index (χ4v) is 2.73. The molecule has 1 amide bonds. The predicted octanol–water partition coefficient (Wildman–Crippen LogP) is 1.95. The van der Waals surface area contributed by atoms with Gasteiger partial charge < -0.3 is 10.1 Å². The Balaban J connectivity index is 2.28. The Labute approximate surface area is 105 Å². The van der Waals surface area contributed by atoms with Crippen LogP contribution in [0.25, 0.3) is 0 Å². The van der Waals surface area contributed by atoms with Gasteiger partial charge in [-0.2, -0.15) is 0 Å². The van der Waals surface area contributed by atoms with Crippen LogP contribution in [0, 0.1) is 13.8 Å². The number of hydrogen-bond acceptors (Lipinski definition) is 3. The molecule has 1 saturated heterocycles. The topological polar surface area (TPSA) is 55.4 Å². The van der Waals surface area contributed by atoms with Gasteiger partial charge in [0.15, 0.2) is 0 Å². The molecule has 0 radical (unpaired) electrons. The normalized spacial score (nSPS) is 25.3. The first-order valence-electron chi connectivity index (χ1n) is 5.79. The highest BCUT2D eigenvalue weighted by Gasteiger charge is 2.56. The minimum absolute atomic E-state index is 0.231. The molecule has 0 saturated carbocycles. The Morgan fingerprint density at radius 2 is 1.94 bits per heavy atom. The summed E-state index contributed by atoms with van der Waals surface area (Å²) in [5.41, 5.74) is 2.60. The molecule has 0 bridgehead atoms. The summed E-state index contributed by atoms with van der Waals surface area (Å²) in [7, 11) is 0. The highest BCUT2D eigenvalue weighted by Crippen LogP contribution is 2.49. The molecule has 3 rings (SSSR count). The van der Waals surface area contributed by atoms with E-state index < -0.39 is 11.6 Å². The molecule has 2 aliphatic heterocycles. The molecule has 1 aromatic rings. The largest absolute Gasteiger partial charge is 0.440 e. The molecule has 1 fully saturated rings. The van der Waals surface area contributed by atoms with Gasteiger partial charge in [0.1, 0.15) is 0 Å². The number of benzene rings is 1. The Bertz CT molecular complexity index is 600. The number of aryl methyl sites for hydroxylation is 2. The zero-order chi connectivity index (χ0) is 13.1. The molecule has 4 heteroatoms. The third-order valence-corrected chi connectivity index (χ3v) is 3.65. The van der Waals surface area contributed by atoms with Gasteiger partial charge in [0.2, 0.25) is 5.60 Å². The van der Waals surface area contributed by atoms with E-state index in [4.69, 9.17) is 4.74 Å². The highest BCUT2D eigenvalue weighted by atomic mass is 16.6. The second-order valence-corrected chi connectivity index (χ2v) is 4.90. The van der Waals surface area contributed by atoms with Crippen molar-refractivity contribution in [3.8, 4) is 0 Å². The van der Waals surface area contributed by atoms with Crippen LogP contribution < -0.4 is 5.32 Å². The Hall–Kier alpha value is -2.10. The maximum Gasteiger partial charge on any atom is 0.335 e. The number of nitrogens with one attached hydrogen (secondary N) is 1. The van der Waals surface area contributed by atoms with E-state index in [1.165, 1.54) is 0 Å². The van der Waals surface area contributed by atoms with Crippen molar-refractivity contribution in [2.45, 2.75) is 25.9 Å². The van der Waals surface area contributed by atoms with Crippen molar-refractivity contribution in [3.63, 3.8) is 0 Å². The molecule has 18 heavy (non-hydrogen) atoms. The lowest BCUT2D eigenvalue weighted by Gasteiger charge is -2.21. The van der Waals surface area contributed by atoms with Crippen molar-refractivity contribution in [1.29, 1.82) is 0 Å². The second kappa shape index (κ2) is 3.22. The zero-order valence-electron chi connectivity index (χ0n) is 10.3. The molecule has 1 aromatic carbocycles. The molecule has 4 nitrogen and oxygen atoms in total. The first kappa shape index (κ1) is 11.0. The lowest BCUT2D eigenvalue weighted by atomic mass is 9.87. The molecule has 1 spiro atoms. The van der Waals surface area contributed by atoms with Crippen LogP contribution in [0.5, 0.6) is 0 Å². The molecule has 92 valence electrons. The lowest BCUT2D eigenvalue weighted by Crippen LogP contribution is -2.34. The minimum atomic E-state index is -1.19. The van der Waals surface area contributed by atoms with Gasteiger partial charge >= 0.3 is 5.97 Å². The highest BCUT2D eigenvalue weighted by molar-refractivity contribution is 6.10. The van der Waals surface area contributed by atoms with Crippen LogP contribution in [0.1, 0.15) is 23.1 Å². The first-order valence-corrected chi connectivity index (χ1v) is 5.79. The molecule has 1 N–H and O–H groups in total. The number of esters is 1. The van der Waals surface area contributed by atoms with E-state index in [0.29, 0.717) is 5.57 Å². The van der Waals surface area contributed by atoms with Crippen LogP contribution in [0.15, 0.2) is 24.3 Å². The summed E-state index contributed by atoms with van der Waals surface area (Å²) in [6.45, 7) is 7.49. The Morgan fingerprint density at radius 3 is 2.56 bits per heavy atom.